The van der Waals surface area contributed by atoms with Crippen molar-refractivity contribution in [1.29, 1.82) is 0 Å². The van der Waals surface area contributed by atoms with E-state index < -0.39 is 12.3 Å². The molecular weight excluding hydrogens is 193 g/mol. The lowest BCUT2D eigenvalue weighted by atomic mass is 10.2. The van der Waals surface area contributed by atoms with Gasteiger partial charge >= 0.3 is 6.18 Å². The van der Waals surface area contributed by atoms with E-state index >= 15 is 0 Å². The summed E-state index contributed by atoms with van der Waals surface area (Å²) < 4.78 is 41.0. The Labute approximate surface area is 80.5 Å². The van der Waals surface area contributed by atoms with Crippen LogP contribution in [0.15, 0.2) is 24.3 Å². The molecule has 0 aliphatic rings. The van der Waals surface area contributed by atoms with Gasteiger partial charge in [-0.3, -0.25) is 0 Å². The van der Waals surface area contributed by atoms with E-state index in [9.17, 15) is 13.2 Å². The third-order valence-electron chi connectivity index (χ3n) is 1.79. The van der Waals surface area contributed by atoms with Gasteiger partial charge in [-0.05, 0) is 26.0 Å². The van der Waals surface area contributed by atoms with Crippen LogP contribution in [-0.4, -0.2) is 12.3 Å². The van der Waals surface area contributed by atoms with E-state index in [0.717, 1.165) is 12.5 Å². The van der Waals surface area contributed by atoms with Gasteiger partial charge in [-0.2, -0.15) is 13.2 Å². The minimum absolute atomic E-state index is 0.237. The molecule has 0 spiro atoms. The molecule has 78 valence electrons. The average Bonchev–Trinajstić information content (AvgIpc) is 2.07. The second-order valence-corrected chi connectivity index (χ2v) is 3.11. The molecule has 0 radical (unpaired) electrons. The summed E-state index contributed by atoms with van der Waals surface area (Å²) in [6, 6.07) is 6.46. The predicted molar refractivity (Wildman–Crippen MR) is 47.3 cm³/mol. The van der Waals surface area contributed by atoms with Gasteiger partial charge in [0, 0.05) is 0 Å². The van der Waals surface area contributed by atoms with Gasteiger partial charge in [0.1, 0.15) is 5.75 Å². The maximum atomic E-state index is 12.1. The van der Waals surface area contributed by atoms with Gasteiger partial charge in [0.05, 0.1) is 0 Å². The van der Waals surface area contributed by atoms with Gasteiger partial charge in [-0.1, -0.05) is 17.7 Å². The molecule has 4 heteroatoms. The Bertz CT molecular complexity index is 289. The summed E-state index contributed by atoms with van der Waals surface area (Å²) in [4.78, 5) is 0. The van der Waals surface area contributed by atoms with Crippen molar-refractivity contribution in [2.45, 2.75) is 26.1 Å². The van der Waals surface area contributed by atoms with Crippen molar-refractivity contribution < 1.29 is 17.9 Å². The molecule has 0 amide bonds. The van der Waals surface area contributed by atoms with Crippen LogP contribution in [0.5, 0.6) is 5.75 Å². The van der Waals surface area contributed by atoms with Crippen LogP contribution in [0.4, 0.5) is 13.2 Å². The van der Waals surface area contributed by atoms with Crippen LogP contribution in [0, 0.1) is 6.92 Å². The Morgan fingerprint density at radius 2 is 1.64 bits per heavy atom. The molecule has 0 aliphatic carbocycles. The largest absolute Gasteiger partial charge is 0.481 e. The molecule has 0 saturated carbocycles. The van der Waals surface area contributed by atoms with E-state index in [1.54, 1.807) is 12.1 Å². The minimum Gasteiger partial charge on any atom is -0.481 e. The Balaban J connectivity index is 2.65. The summed E-state index contributed by atoms with van der Waals surface area (Å²) in [7, 11) is 0. The fourth-order valence-electron chi connectivity index (χ4n) is 0.888. The van der Waals surface area contributed by atoms with E-state index in [4.69, 9.17) is 4.74 Å². The SMILES string of the molecule is Cc1ccc(OC(C)C(F)(F)F)cc1. The van der Waals surface area contributed by atoms with Crippen LogP contribution in [-0.2, 0) is 0 Å². The number of hydrogen-bond donors (Lipinski definition) is 0. The minimum atomic E-state index is -4.31. The standard InChI is InChI=1S/C10H11F3O/c1-7-3-5-9(6-4-7)14-8(2)10(11,12)13/h3-6,8H,1-2H3. The van der Waals surface area contributed by atoms with E-state index in [1.165, 1.54) is 12.1 Å². The Hall–Kier alpha value is -1.19. The molecule has 0 heterocycles. The zero-order valence-corrected chi connectivity index (χ0v) is 7.93. The second kappa shape index (κ2) is 3.90. The average molecular weight is 204 g/mol. The van der Waals surface area contributed by atoms with Gasteiger partial charge in [0.2, 0.25) is 0 Å². The Kier molecular flexibility index (Phi) is 3.03. The first-order valence-corrected chi connectivity index (χ1v) is 4.19. The highest BCUT2D eigenvalue weighted by Gasteiger charge is 2.37. The normalized spacial score (nSPS) is 13.8. The lowest BCUT2D eigenvalue weighted by Gasteiger charge is -2.17. The lowest BCUT2D eigenvalue weighted by molar-refractivity contribution is -0.189. The summed E-state index contributed by atoms with van der Waals surface area (Å²) in [5, 5.41) is 0. The van der Waals surface area contributed by atoms with Crippen molar-refractivity contribution >= 4 is 0 Å². The number of aryl methyl sites for hydroxylation is 1. The first-order chi connectivity index (χ1) is 6.39. The van der Waals surface area contributed by atoms with Crippen molar-refractivity contribution in [2.75, 3.05) is 0 Å². The Morgan fingerprint density at radius 3 is 2.07 bits per heavy atom. The molecule has 14 heavy (non-hydrogen) atoms. The van der Waals surface area contributed by atoms with Crippen molar-refractivity contribution in [3.63, 3.8) is 0 Å². The molecule has 1 unspecified atom stereocenters. The molecule has 0 saturated heterocycles. The monoisotopic (exact) mass is 204 g/mol. The predicted octanol–water partition coefficient (Wildman–Crippen LogP) is 3.32. The van der Waals surface area contributed by atoms with E-state index in [0.29, 0.717) is 0 Å². The van der Waals surface area contributed by atoms with E-state index in [1.807, 2.05) is 6.92 Å². The zero-order valence-electron chi connectivity index (χ0n) is 7.93. The summed E-state index contributed by atoms with van der Waals surface area (Å²) in [5.41, 5.74) is 0.983. The molecule has 0 aromatic heterocycles. The molecule has 1 nitrogen and oxygen atoms in total. The molecule has 1 atom stereocenters. The number of hydrogen-bond acceptors (Lipinski definition) is 1. The molecule has 0 N–H and O–H groups in total. The maximum absolute atomic E-state index is 12.1. The Morgan fingerprint density at radius 1 is 1.14 bits per heavy atom. The second-order valence-electron chi connectivity index (χ2n) is 3.11. The quantitative estimate of drug-likeness (QED) is 0.718. The van der Waals surface area contributed by atoms with Crippen LogP contribution in [0.1, 0.15) is 12.5 Å². The van der Waals surface area contributed by atoms with Gasteiger partial charge in [0.15, 0.2) is 6.10 Å². The van der Waals surface area contributed by atoms with Crippen molar-refractivity contribution in [3.05, 3.63) is 29.8 Å². The number of halogens is 3. The first kappa shape index (κ1) is 10.9. The highest BCUT2D eigenvalue weighted by atomic mass is 19.4. The van der Waals surface area contributed by atoms with Gasteiger partial charge in [0.25, 0.3) is 0 Å². The third-order valence-corrected chi connectivity index (χ3v) is 1.79. The van der Waals surface area contributed by atoms with E-state index in [2.05, 4.69) is 0 Å². The molecule has 1 aromatic carbocycles. The topological polar surface area (TPSA) is 9.23 Å². The molecule has 1 aromatic rings. The number of benzene rings is 1. The van der Waals surface area contributed by atoms with Crippen LogP contribution >= 0.6 is 0 Å². The number of rotatable bonds is 2. The molecule has 0 bridgehead atoms. The number of alkyl halides is 3. The summed E-state index contributed by atoms with van der Waals surface area (Å²) >= 11 is 0. The summed E-state index contributed by atoms with van der Waals surface area (Å²) in [6.07, 6.45) is -6.09. The lowest BCUT2D eigenvalue weighted by Crippen LogP contribution is -2.31. The fourth-order valence-corrected chi connectivity index (χ4v) is 0.888. The molecule has 0 fully saturated rings. The highest BCUT2D eigenvalue weighted by molar-refractivity contribution is 5.26. The molecular formula is C10H11F3O. The highest BCUT2D eigenvalue weighted by Crippen LogP contribution is 2.24. The van der Waals surface area contributed by atoms with Crippen LogP contribution < -0.4 is 4.74 Å². The van der Waals surface area contributed by atoms with Crippen LogP contribution in [0.3, 0.4) is 0 Å². The first-order valence-electron chi connectivity index (χ1n) is 4.19. The maximum Gasteiger partial charge on any atom is 0.425 e. The van der Waals surface area contributed by atoms with Crippen molar-refractivity contribution in [3.8, 4) is 5.75 Å². The molecule has 1 rings (SSSR count). The zero-order chi connectivity index (χ0) is 10.8. The van der Waals surface area contributed by atoms with Crippen molar-refractivity contribution in [1.82, 2.24) is 0 Å². The van der Waals surface area contributed by atoms with Gasteiger partial charge < -0.3 is 4.74 Å². The van der Waals surface area contributed by atoms with Gasteiger partial charge in [-0.25, -0.2) is 0 Å². The van der Waals surface area contributed by atoms with Gasteiger partial charge in [-0.15, -0.1) is 0 Å². The number of ether oxygens (including phenoxy) is 1. The smallest absolute Gasteiger partial charge is 0.425 e. The summed E-state index contributed by atoms with van der Waals surface area (Å²) in [5.74, 6) is 0.237. The van der Waals surface area contributed by atoms with E-state index in [-0.39, 0.29) is 5.75 Å². The van der Waals surface area contributed by atoms with Crippen LogP contribution in [0.25, 0.3) is 0 Å². The fraction of sp³-hybridized carbons (Fsp3) is 0.400. The molecule has 0 aliphatic heterocycles. The van der Waals surface area contributed by atoms with Crippen LogP contribution in [0.2, 0.25) is 0 Å². The van der Waals surface area contributed by atoms with Crippen molar-refractivity contribution in [2.24, 2.45) is 0 Å². The third kappa shape index (κ3) is 2.94. The summed E-state index contributed by atoms with van der Waals surface area (Å²) in [6.45, 7) is 2.84.